The second-order valence-electron chi connectivity index (χ2n) is 3.56. The lowest BCUT2D eigenvalue weighted by Crippen LogP contribution is -1.98. The first-order valence-electron chi connectivity index (χ1n) is 4.59. The Morgan fingerprint density at radius 3 is 2.53 bits per heavy atom. The topological polar surface area (TPSA) is 86.2 Å². The Balaban J connectivity index is 2.60. The van der Waals surface area contributed by atoms with E-state index in [1.807, 2.05) is 0 Å². The van der Waals surface area contributed by atoms with E-state index in [-0.39, 0.29) is 22.0 Å². The normalized spacial score (nSPS) is 11.6. The van der Waals surface area contributed by atoms with Crippen LogP contribution in [0.5, 0.6) is 0 Å². The summed E-state index contributed by atoms with van der Waals surface area (Å²) in [6, 6.07) is 4.78. The molecule has 0 aliphatic rings. The molecule has 0 saturated heterocycles. The summed E-state index contributed by atoms with van der Waals surface area (Å²) in [6.45, 7) is 0. The molecule has 1 aromatic carbocycles. The van der Waals surface area contributed by atoms with Crippen molar-refractivity contribution in [2.45, 2.75) is 4.90 Å². The lowest BCUT2D eigenvalue weighted by Gasteiger charge is -2.01. The lowest BCUT2D eigenvalue weighted by molar-refractivity contribution is 0.435. The largest absolute Gasteiger partial charge is 0.381 e. The summed E-state index contributed by atoms with van der Waals surface area (Å²) in [5, 5.41) is 3.45. The molecule has 90 valence electrons. The molecule has 0 fully saturated rings. The number of sulfone groups is 1. The predicted molar refractivity (Wildman–Crippen MR) is 59.4 cm³/mol. The SMILES string of the molecule is CS(=O)(=O)c1cc(F)cc(-c2cc(N)no2)c1. The van der Waals surface area contributed by atoms with Gasteiger partial charge >= 0.3 is 0 Å². The van der Waals surface area contributed by atoms with Crippen LogP contribution < -0.4 is 5.73 Å². The van der Waals surface area contributed by atoms with Crippen LogP contribution in [-0.4, -0.2) is 19.8 Å². The van der Waals surface area contributed by atoms with Gasteiger partial charge in [-0.15, -0.1) is 0 Å². The highest BCUT2D eigenvalue weighted by atomic mass is 32.2. The van der Waals surface area contributed by atoms with Gasteiger partial charge in [0.25, 0.3) is 0 Å². The molecule has 1 aromatic heterocycles. The fourth-order valence-electron chi connectivity index (χ4n) is 1.34. The van der Waals surface area contributed by atoms with Crippen molar-refractivity contribution in [3.8, 4) is 11.3 Å². The summed E-state index contributed by atoms with van der Waals surface area (Å²) < 4.78 is 40.8. The van der Waals surface area contributed by atoms with Crippen molar-refractivity contribution in [3.05, 3.63) is 30.1 Å². The number of nitrogen functional groups attached to an aromatic ring is 1. The van der Waals surface area contributed by atoms with E-state index in [0.717, 1.165) is 18.4 Å². The third kappa shape index (κ3) is 2.44. The Morgan fingerprint density at radius 1 is 1.29 bits per heavy atom. The van der Waals surface area contributed by atoms with Gasteiger partial charge in [-0.2, -0.15) is 0 Å². The molecule has 5 nitrogen and oxygen atoms in total. The molecule has 0 unspecified atom stereocenters. The number of rotatable bonds is 2. The molecule has 1 heterocycles. The van der Waals surface area contributed by atoms with Gasteiger partial charge in [-0.25, -0.2) is 12.8 Å². The van der Waals surface area contributed by atoms with Crippen LogP contribution >= 0.6 is 0 Å². The van der Waals surface area contributed by atoms with Crippen LogP contribution in [0, 0.1) is 5.82 Å². The summed E-state index contributed by atoms with van der Waals surface area (Å²) in [6.07, 6.45) is 1.00. The molecule has 0 spiro atoms. The van der Waals surface area contributed by atoms with Crippen molar-refractivity contribution in [3.63, 3.8) is 0 Å². The van der Waals surface area contributed by atoms with Crippen LogP contribution in [0.2, 0.25) is 0 Å². The number of nitrogens with two attached hydrogens (primary N) is 1. The summed E-state index contributed by atoms with van der Waals surface area (Å²) in [5.74, 6) is -0.310. The monoisotopic (exact) mass is 256 g/mol. The molecule has 2 aromatic rings. The molecule has 17 heavy (non-hydrogen) atoms. The Kier molecular flexibility index (Phi) is 2.62. The second kappa shape index (κ2) is 3.85. The molecule has 0 bridgehead atoms. The average molecular weight is 256 g/mol. The highest BCUT2D eigenvalue weighted by Gasteiger charge is 2.13. The third-order valence-electron chi connectivity index (χ3n) is 2.11. The zero-order chi connectivity index (χ0) is 12.6. The van der Waals surface area contributed by atoms with Crippen molar-refractivity contribution in [2.75, 3.05) is 12.0 Å². The molecule has 0 saturated carbocycles. The maximum Gasteiger partial charge on any atom is 0.175 e. The van der Waals surface area contributed by atoms with Crippen molar-refractivity contribution < 1.29 is 17.3 Å². The predicted octanol–water partition coefficient (Wildman–Crippen LogP) is 1.47. The number of halogens is 1. The first-order chi connectivity index (χ1) is 7.86. The quantitative estimate of drug-likeness (QED) is 0.879. The summed E-state index contributed by atoms with van der Waals surface area (Å²) >= 11 is 0. The fraction of sp³-hybridized carbons (Fsp3) is 0.100. The Labute approximate surface area is 96.9 Å². The van der Waals surface area contributed by atoms with Gasteiger partial charge in [0, 0.05) is 17.9 Å². The summed E-state index contributed by atoms with van der Waals surface area (Å²) in [5.41, 5.74) is 5.63. The Morgan fingerprint density at radius 2 is 2.00 bits per heavy atom. The molecule has 2 N–H and O–H groups in total. The van der Waals surface area contributed by atoms with Crippen molar-refractivity contribution in [1.29, 1.82) is 0 Å². The van der Waals surface area contributed by atoms with E-state index >= 15 is 0 Å². The number of aromatic nitrogens is 1. The first kappa shape index (κ1) is 11.6. The zero-order valence-corrected chi connectivity index (χ0v) is 9.66. The zero-order valence-electron chi connectivity index (χ0n) is 8.84. The van der Waals surface area contributed by atoms with E-state index in [9.17, 15) is 12.8 Å². The maximum absolute atomic E-state index is 13.3. The Hall–Kier alpha value is -1.89. The van der Waals surface area contributed by atoms with E-state index in [2.05, 4.69) is 5.16 Å². The molecular weight excluding hydrogens is 247 g/mol. The van der Waals surface area contributed by atoms with Gasteiger partial charge < -0.3 is 10.3 Å². The molecule has 0 aliphatic heterocycles. The average Bonchev–Trinajstić information content (AvgIpc) is 2.62. The molecule has 0 amide bonds. The summed E-state index contributed by atoms with van der Waals surface area (Å²) in [7, 11) is -3.48. The molecule has 0 radical (unpaired) electrons. The fourth-order valence-corrected chi connectivity index (χ4v) is 2.01. The first-order valence-corrected chi connectivity index (χ1v) is 6.48. The minimum atomic E-state index is -3.48. The maximum atomic E-state index is 13.3. The van der Waals surface area contributed by atoms with Gasteiger partial charge in [0.2, 0.25) is 0 Å². The molecule has 0 aliphatic carbocycles. The number of hydrogen-bond donors (Lipinski definition) is 1. The van der Waals surface area contributed by atoms with Crippen molar-refractivity contribution in [1.82, 2.24) is 5.16 Å². The second-order valence-corrected chi connectivity index (χ2v) is 5.58. The standard InChI is InChI=1S/C10H9FN2O3S/c1-17(14,15)8-3-6(2-7(11)4-8)9-5-10(12)13-16-9/h2-5H,1H3,(H2,12,13). The van der Waals surface area contributed by atoms with Crippen LogP contribution in [0.15, 0.2) is 33.7 Å². The highest BCUT2D eigenvalue weighted by molar-refractivity contribution is 7.90. The van der Waals surface area contributed by atoms with Gasteiger partial charge in [-0.05, 0) is 18.2 Å². The molecule has 2 rings (SSSR count). The van der Waals surface area contributed by atoms with E-state index in [0.29, 0.717) is 0 Å². The van der Waals surface area contributed by atoms with E-state index in [1.54, 1.807) is 0 Å². The van der Waals surface area contributed by atoms with Gasteiger partial charge in [-0.3, -0.25) is 0 Å². The van der Waals surface area contributed by atoms with Gasteiger partial charge in [0.05, 0.1) is 4.90 Å². The number of benzene rings is 1. The smallest absolute Gasteiger partial charge is 0.175 e. The lowest BCUT2D eigenvalue weighted by atomic mass is 10.2. The molecular formula is C10H9FN2O3S. The van der Waals surface area contributed by atoms with E-state index in [1.165, 1.54) is 12.1 Å². The number of anilines is 1. The van der Waals surface area contributed by atoms with E-state index < -0.39 is 15.7 Å². The number of nitrogens with zero attached hydrogens (tertiary/aromatic N) is 1. The molecule has 7 heteroatoms. The van der Waals surface area contributed by atoms with Gasteiger partial charge in [0.15, 0.2) is 21.4 Å². The van der Waals surface area contributed by atoms with Crippen molar-refractivity contribution in [2.24, 2.45) is 0 Å². The van der Waals surface area contributed by atoms with Gasteiger partial charge in [0.1, 0.15) is 5.82 Å². The van der Waals surface area contributed by atoms with Crippen LogP contribution in [-0.2, 0) is 9.84 Å². The van der Waals surface area contributed by atoms with Crippen LogP contribution in [0.25, 0.3) is 11.3 Å². The minimum Gasteiger partial charge on any atom is -0.381 e. The van der Waals surface area contributed by atoms with Gasteiger partial charge in [-0.1, -0.05) is 5.16 Å². The van der Waals surface area contributed by atoms with Crippen LogP contribution in [0.1, 0.15) is 0 Å². The molecule has 0 atom stereocenters. The highest BCUT2D eigenvalue weighted by Crippen LogP contribution is 2.25. The minimum absolute atomic E-state index is 0.123. The van der Waals surface area contributed by atoms with E-state index in [4.69, 9.17) is 10.3 Å². The number of hydrogen-bond acceptors (Lipinski definition) is 5. The Bertz CT molecular complexity index is 664. The van der Waals surface area contributed by atoms with Crippen LogP contribution in [0.3, 0.4) is 0 Å². The van der Waals surface area contributed by atoms with Crippen molar-refractivity contribution >= 4 is 15.7 Å². The summed E-state index contributed by atoms with van der Waals surface area (Å²) in [4.78, 5) is -0.123. The van der Waals surface area contributed by atoms with Crippen LogP contribution in [0.4, 0.5) is 10.2 Å². The third-order valence-corrected chi connectivity index (χ3v) is 3.20.